The van der Waals surface area contributed by atoms with Crippen molar-refractivity contribution in [2.45, 2.75) is 12.5 Å². The zero-order chi connectivity index (χ0) is 4.69. The Morgan fingerprint density at radius 3 is 2.14 bits per heavy atom. The molecule has 2 aliphatic rings. The van der Waals surface area contributed by atoms with E-state index in [1.54, 1.807) is 0 Å². The van der Waals surface area contributed by atoms with Crippen molar-refractivity contribution in [3.8, 4) is 0 Å². The van der Waals surface area contributed by atoms with Gasteiger partial charge in [0.05, 0.1) is 0 Å². The second kappa shape index (κ2) is 1.18. The van der Waals surface area contributed by atoms with E-state index in [4.69, 9.17) is 4.74 Å². The highest BCUT2D eigenvalue weighted by Crippen LogP contribution is 2.16. The van der Waals surface area contributed by atoms with Crippen molar-refractivity contribution in [1.82, 2.24) is 10.6 Å². The Balaban J connectivity index is 1.95. The molecule has 2 N–H and O–H groups in total. The topological polar surface area (TPSA) is 36.6 Å². The molecule has 40 valence electrons. The van der Waals surface area contributed by atoms with Gasteiger partial charge < -0.3 is 4.74 Å². The molecule has 7 heavy (non-hydrogen) atoms. The third kappa shape index (κ3) is 0.534. The third-order valence-electron chi connectivity index (χ3n) is 1.31. The van der Waals surface area contributed by atoms with E-state index in [-0.39, 0.29) is 0 Å². The lowest BCUT2D eigenvalue weighted by atomic mass is 10.4. The highest BCUT2D eigenvalue weighted by atomic mass is 16.6. The van der Waals surface area contributed by atoms with Crippen LogP contribution in [0.3, 0.4) is 0 Å². The zero-order valence-corrected chi connectivity index (χ0v) is 3.98. The summed E-state index contributed by atoms with van der Waals surface area (Å²) in [6.45, 7) is 2.09. The van der Waals surface area contributed by atoms with Crippen LogP contribution >= 0.6 is 0 Å². The SMILES string of the molecule is C1CNC2OC2N1. The molecule has 2 heterocycles. The van der Waals surface area contributed by atoms with Crippen LogP contribution in [-0.4, -0.2) is 25.5 Å². The number of piperazine rings is 1. The lowest BCUT2D eigenvalue weighted by molar-refractivity contribution is 0.352. The van der Waals surface area contributed by atoms with Gasteiger partial charge in [-0.3, -0.25) is 10.6 Å². The van der Waals surface area contributed by atoms with Crippen LogP contribution in [0.2, 0.25) is 0 Å². The first-order chi connectivity index (χ1) is 3.47. The molecule has 3 heteroatoms. The number of hydrogen-bond acceptors (Lipinski definition) is 3. The molecule has 2 unspecified atom stereocenters. The van der Waals surface area contributed by atoms with Crippen LogP contribution < -0.4 is 10.6 Å². The zero-order valence-electron chi connectivity index (χ0n) is 3.98. The number of nitrogens with one attached hydrogen (secondary N) is 2. The summed E-state index contributed by atoms with van der Waals surface area (Å²) in [5.74, 6) is 0. The van der Waals surface area contributed by atoms with Crippen molar-refractivity contribution in [2.75, 3.05) is 13.1 Å². The first-order valence-electron chi connectivity index (χ1n) is 2.59. The average Bonchev–Trinajstić information content (AvgIpc) is 2.41. The summed E-state index contributed by atoms with van der Waals surface area (Å²) < 4.78 is 5.06. The summed E-state index contributed by atoms with van der Waals surface area (Å²) in [6, 6.07) is 0. The Morgan fingerprint density at radius 1 is 1.14 bits per heavy atom. The van der Waals surface area contributed by atoms with Crippen LogP contribution in [0.25, 0.3) is 0 Å². The standard InChI is InChI=1S/C4H8N2O/c1-2-6-4-3(5-1)7-4/h3-6H,1-2H2. The Morgan fingerprint density at radius 2 is 1.71 bits per heavy atom. The molecule has 2 atom stereocenters. The minimum atomic E-state index is 0.341. The molecule has 2 rings (SSSR count). The summed E-state index contributed by atoms with van der Waals surface area (Å²) >= 11 is 0. The van der Waals surface area contributed by atoms with Gasteiger partial charge >= 0.3 is 0 Å². The molecule has 3 nitrogen and oxygen atoms in total. The van der Waals surface area contributed by atoms with Crippen LogP contribution in [0.15, 0.2) is 0 Å². The smallest absolute Gasteiger partial charge is 0.150 e. The highest BCUT2D eigenvalue weighted by molar-refractivity contribution is 4.84. The Hall–Kier alpha value is -0.120. The first-order valence-corrected chi connectivity index (χ1v) is 2.59. The highest BCUT2D eigenvalue weighted by Gasteiger charge is 2.40. The largest absolute Gasteiger partial charge is 0.337 e. The molecule has 0 saturated carbocycles. The van der Waals surface area contributed by atoms with E-state index in [2.05, 4.69) is 10.6 Å². The van der Waals surface area contributed by atoms with Gasteiger partial charge in [-0.15, -0.1) is 0 Å². The van der Waals surface area contributed by atoms with E-state index in [0.29, 0.717) is 12.5 Å². The van der Waals surface area contributed by atoms with E-state index in [0.717, 1.165) is 13.1 Å². The van der Waals surface area contributed by atoms with Gasteiger partial charge in [-0.25, -0.2) is 0 Å². The summed E-state index contributed by atoms with van der Waals surface area (Å²) in [7, 11) is 0. The van der Waals surface area contributed by atoms with Gasteiger partial charge in [0.15, 0.2) is 12.5 Å². The molecule has 0 radical (unpaired) electrons. The van der Waals surface area contributed by atoms with E-state index < -0.39 is 0 Å². The molecule has 0 aromatic rings. The number of hydrogen-bond donors (Lipinski definition) is 2. The summed E-state index contributed by atoms with van der Waals surface area (Å²) in [4.78, 5) is 0. The lowest BCUT2D eigenvalue weighted by Crippen LogP contribution is -2.39. The Labute approximate surface area is 42.0 Å². The maximum Gasteiger partial charge on any atom is 0.150 e. The third-order valence-corrected chi connectivity index (χ3v) is 1.31. The second-order valence-corrected chi connectivity index (χ2v) is 1.89. The molecule has 0 aromatic heterocycles. The molecular formula is C4H8N2O. The van der Waals surface area contributed by atoms with Crippen LogP contribution in [-0.2, 0) is 4.74 Å². The van der Waals surface area contributed by atoms with Gasteiger partial charge in [-0.05, 0) is 0 Å². The molecule has 0 aromatic carbocycles. The van der Waals surface area contributed by atoms with Crippen LogP contribution in [0, 0.1) is 0 Å². The fraction of sp³-hybridized carbons (Fsp3) is 1.00. The van der Waals surface area contributed by atoms with Crippen molar-refractivity contribution in [1.29, 1.82) is 0 Å². The van der Waals surface area contributed by atoms with E-state index >= 15 is 0 Å². The quantitative estimate of drug-likeness (QED) is 0.378. The summed E-state index contributed by atoms with van der Waals surface area (Å²) in [5.41, 5.74) is 0. The van der Waals surface area contributed by atoms with Crippen molar-refractivity contribution < 1.29 is 4.74 Å². The number of rotatable bonds is 0. The summed E-state index contributed by atoms with van der Waals surface area (Å²) in [6.07, 6.45) is 0.683. The van der Waals surface area contributed by atoms with Crippen molar-refractivity contribution in [3.05, 3.63) is 0 Å². The number of ether oxygens (including phenoxy) is 1. The monoisotopic (exact) mass is 100 g/mol. The van der Waals surface area contributed by atoms with Crippen molar-refractivity contribution >= 4 is 0 Å². The van der Waals surface area contributed by atoms with E-state index in [1.165, 1.54) is 0 Å². The predicted octanol–water partition coefficient (Wildman–Crippen LogP) is -1.14. The fourth-order valence-corrected chi connectivity index (χ4v) is 0.852. The van der Waals surface area contributed by atoms with Crippen LogP contribution in [0.4, 0.5) is 0 Å². The molecule has 2 fully saturated rings. The second-order valence-electron chi connectivity index (χ2n) is 1.89. The van der Waals surface area contributed by atoms with E-state index in [1.807, 2.05) is 0 Å². The average molecular weight is 100 g/mol. The number of fused-ring (bicyclic) bond motifs is 1. The van der Waals surface area contributed by atoms with Gasteiger partial charge in [-0.2, -0.15) is 0 Å². The van der Waals surface area contributed by atoms with Gasteiger partial charge in [0, 0.05) is 13.1 Å². The van der Waals surface area contributed by atoms with Crippen LogP contribution in [0.1, 0.15) is 0 Å². The minimum absolute atomic E-state index is 0.341. The minimum Gasteiger partial charge on any atom is -0.337 e. The maximum atomic E-state index is 5.06. The maximum absolute atomic E-state index is 5.06. The van der Waals surface area contributed by atoms with Gasteiger partial charge in [-0.1, -0.05) is 0 Å². The molecule has 0 bridgehead atoms. The lowest BCUT2D eigenvalue weighted by Gasteiger charge is -2.05. The molecular weight excluding hydrogens is 92.1 g/mol. The molecule has 0 spiro atoms. The van der Waals surface area contributed by atoms with Crippen LogP contribution in [0.5, 0.6) is 0 Å². The summed E-state index contributed by atoms with van der Waals surface area (Å²) in [5, 5.41) is 6.34. The van der Waals surface area contributed by atoms with E-state index in [9.17, 15) is 0 Å². The number of epoxide rings is 1. The molecule has 0 amide bonds. The van der Waals surface area contributed by atoms with Crippen molar-refractivity contribution in [2.24, 2.45) is 0 Å². The Bertz CT molecular complexity index is 75.8. The first kappa shape index (κ1) is 3.83. The fourth-order valence-electron chi connectivity index (χ4n) is 0.852. The van der Waals surface area contributed by atoms with Gasteiger partial charge in [0.25, 0.3) is 0 Å². The van der Waals surface area contributed by atoms with Crippen molar-refractivity contribution in [3.63, 3.8) is 0 Å². The molecule has 0 aliphatic carbocycles. The molecule has 2 aliphatic heterocycles. The Kier molecular flexibility index (Phi) is 0.647. The predicted molar refractivity (Wildman–Crippen MR) is 24.7 cm³/mol. The molecule has 2 saturated heterocycles. The van der Waals surface area contributed by atoms with Gasteiger partial charge in [0.2, 0.25) is 0 Å². The van der Waals surface area contributed by atoms with Gasteiger partial charge in [0.1, 0.15) is 0 Å². The normalized spacial score (nSPS) is 48.0.